The minimum atomic E-state index is -0.587. The Balaban J connectivity index is 2.18. The summed E-state index contributed by atoms with van der Waals surface area (Å²) in [6.07, 6.45) is 0.235. The molecule has 2 rings (SSSR count). The molecule has 90 valence electrons. The highest BCUT2D eigenvalue weighted by molar-refractivity contribution is 5.99. The van der Waals surface area contributed by atoms with Crippen LogP contribution in [0.2, 0.25) is 0 Å². The van der Waals surface area contributed by atoms with Crippen LogP contribution in [0.15, 0.2) is 35.4 Å². The number of hydrogen-bond donors (Lipinski definition) is 1. The fraction of sp³-hybridized carbons (Fsp3) is 0.357. The lowest BCUT2D eigenvalue weighted by Crippen LogP contribution is -2.03. The number of aliphatic hydroxyl groups excluding tert-OH is 1. The van der Waals surface area contributed by atoms with Gasteiger partial charge in [0.2, 0.25) is 0 Å². The average molecular weight is 232 g/mol. The summed E-state index contributed by atoms with van der Waals surface area (Å²) in [5.41, 5.74) is 2.62. The number of methoxy groups -OCH3 is 1. The van der Waals surface area contributed by atoms with Crippen LogP contribution in [0.4, 0.5) is 0 Å². The first-order chi connectivity index (χ1) is 8.11. The van der Waals surface area contributed by atoms with Gasteiger partial charge in [-0.2, -0.15) is 0 Å². The third kappa shape index (κ3) is 2.39. The molecule has 0 bridgehead atoms. The second-order valence-electron chi connectivity index (χ2n) is 4.33. The van der Waals surface area contributed by atoms with Crippen LogP contribution in [0.5, 0.6) is 5.75 Å². The van der Waals surface area contributed by atoms with Gasteiger partial charge in [-0.15, -0.1) is 0 Å². The molecule has 1 atom stereocenters. The van der Waals surface area contributed by atoms with Gasteiger partial charge in [-0.3, -0.25) is 4.79 Å². The lowest BCUT2D eigenvalue weighted by atomic mass is 10.0. The number of benzene rings is 1. The Hall–Kier alpha value is -1.61. The van der Waals surface area contributed by atoms with Gasteiger partial charge in [0.1, 0.15) is 5.75 Å². The normalized spacial score (nSPS) is 19.9. The lowest BCUT2D eigenvalue weighted by Gasteiger charge is -2.05. The van der Waals surface area contributed by atoms with E-state index in [2.05, 4.69) is 0 Å². The number of ether oxygens (including phenoxy) is 1. The minimum Gasteiger partial charge on any atom is -0.497 e. The SMILES string of the molecule is COc1ccc(CC2=C(C)C(O)CC2=O)cc1. The molecule has 1 unspecified atom stereocenters. The number of rotatable bonds is 3. The molecule has 3 nitrogen and oxygen atoms in total. The number of Topliss-reactive ketones (excluding diaryl/α,β-unsaturated/α-hetero) is 1. The summed E-state index contributed by atoms with van der Waals surface area (Å²) in [5.74, 6) is 0.864. The highest BCUT2D eigenvalue weighted by atomic mass is 16.5. The smallest absolute Gasteiger partial charge is 0.162 e. The second-order valence-corrected chi connectivity index (χ2v) is 4.33. The lowest BCUT2D eigenvalue weighted by molar-refractivity contribution is -0.115. The molecule has 1 aromatic carbocycles. The Bertz CT molecular complexity index is 457. The van der Waals surface area contributed by atoms with Gasteiger partial charge in [0, 0.05) is 18.4 Å². The van der Waals surface area contributed by atoms with Crippen molar-refractivity contribution in [2.24, 2.45) is 0 Å². The fourth-order valence-electron chi connectivity index (χ4n) is 2.06. The summed E-state index contributed by atoms with van der Waals surface area (Å²) in [4.78, 5) is 11.7. The van der Waals surface area contributed by atoms with Crippen molar-refractivity contribution in [2.45, 2.75) is 25.9 Å². The van der Waals surface area contributed by atoms with Crippen LogP contribution < -0.4 is 4.74 Å². The summed E-state index contributed by atoms with van der Waals surface area (Å²) in [7, 11) is 1.62. The van der Waals surface area contributed by atoms with E-state index < -0.39 is 6.10 Å². The first kappa shape index (κ1) is 11.9. The second kappa shape index (κ2) is 4.72. The minimum absolute atomic E-state index is 0.0609. The van der Waals surface area contributed by atoms with Gasteiger partial charge in [-0.05, 0) is 30.2 Å². The predicted octanol–water partition coefficient (Wildman–Crippen LogP) is 1.89. The maximum absolute atomic E-state index is 11.7. The van der Waals surface area contributed by atoms with Crippen LogP contribution in [0.3, 0.4) is 0 Å². The van der Waals surface area contributed by atoms with Crippen molar-refractivity contribution in [3.05, 3.63) is 41.0 Å². The topological polar surface area (TPSA) is 46.5 Å². The van der Waals surface area contributed by atoms with E-state index in [4.69, 9.17) is 4.74 Å². The summed E-state index contributed by atoms with van der Waals surface area (Å²) in [5, 5.41) is 9.60. The summed E-state index contributed by atoms with van der Waals surface area (Å²) < 4.78 is 5.08. The van der Waals surface area contributed by atoms with Crippen LogP contribution in [0.1, 0.15) is 18.9 Å². The molecule has 17 heavy (non-hydrogen) atoms. The van der Waals surface area contributed by atoms with Crippen molar-refractivity contribution in [2.75, 3.05) is 7.11 Å². The molecule has 1 aliphatic carbocycles. The fourth-order valence-corrected chi connectivity index (χ4v) is 2.06. The van der Waals surface area contributed by atoms with E-state index in [1.807, 2.05) is 31.2 Å². The van der Waals surface area contributed by atoms with Gasteiger partial charge in [0.05, 0.1) is 13.2 Å². The average Bonchev–Trinajstić information content (AvgIpc) is 2.57. The van der Waals surface area contributed by atoms with E-state index in [-0.39, 0.29) is 12.2 Å². The molecule has 0 saturated heterocycles. The molecule has 1 aliphatic rings. The van der Waals surface area contributed by atoms with Crippen molar-refractivity contribution >= 4 is 5.78 Å². The van der Waals surface area contributed by atoms with Gasteiger partial charge >= 0.3 is 0 Å². The Kier molecular flexibility index (Phi) is 3.29. The van der Waals surface area contributed by atoms with E-state index in [1.165, 1.54) is 0 Å². The Morgan fingerprint density at radius 2 is 2.00 bits per heavy atom. The van der Waals surface area contributed by atoms with Gasteiger partial charge in [-0.1, -0.05) is 12.1 Å². The third-order valence-electron chi connectivity index (χ3n) is 3.23. The van der Waals surface area contributed by atoms with Crippen LogP contribution in [-0.2, 0) is 11.2 Å². The molecule has 0 heterocycles. The number of carbonyl (C=O) groups excluding carboxylic acids is 1. The number of ketones is 1. The molecule has 3 heteroatoms. The van der Waals surface area contributed by atoms with Gasteiger partial charge in [-0.25, -0.2) is 0 Å². The van der Waals surface area contributed by atoms with E-state index in [0.717, 1.165) is 22.5 Å². The van der Waals surface area contributed by atoms with Gasteiger partial charge in [0.15, 0.2) is 5.78 Å². The molecule has 0 saturated carbocycles. The van der Waals surface area contributed by atoms with Crippen molar-refractivity contribution in [1.82, 2.24) is 0 Å². The van der Waals surface area contributed by atoms with Crippen LogP contribution in [0.25, 0.3) is 0 Å². The van der Waals surface area contributed by atoms with Crippen molar-refractivity contribution in [1.29, 1.82) is 0 Å². The summed E-state index contributed by atoms with van der Waals surface area (Å²) in [6, 6.07) is 7.64. The molecule has 0 spiro atoms. The number of carbonyl (C=O) groups is 1. The third-order valence-corrected chi connectivity index (χ3v) is 3.23. The molecular weight excluding hydrogens is 216 g/mol. The molecular formula is C14H16O3. The van der Waals surface area contributed by atoms with Gasteiger partial charge in [0.25, 0.3) is 0 Å². The Morgan fingerprint density at radius 1 is 1.35 bits per heavy atom. The predicted molar refractivity (Wildman–Crippen MR) is 65.0 cm³/mol. The molecule has 0 radical (unpaired) electrons. The largest absolute Gasteiger partial charge is 0.497 e. The van der Waals surface area contributed by atoms with E-state index in [1.54, 1.807) is 7.11 Å². The molecule has 1 aromatic rings. The summed E-state index contributed by atoms with van der Waals surface area (Å²) >= 11 is 0. The number of aliphatic hydroxyl groups is 1. The van der Waals surface area contributed by atoms with Crippen LogP contribution in [-0.4, -0.2) is 24.1 Å². The zero-order chi connectivity index (χ0) is 12.4. The highest BCUT2D eigenvalue weighted by Crippen LogP contribution is 2.26. The first-order valence-electron chi connectivity index (χ1n) is 5.65. The maximum atomic E-state index is 11.7. The zero-order valence-corrected chi connectivity index (χ0v) is 10.1. The van der Waals surface area contributed by atoms with E-state index in [9.17, 15) is 9.90 Å². The Labute approximate surface area is 101 Å². The van der Waals surface area contributed by atoms with Gasteiger partial charge < -0.3 is 9.84 Å². The highest BCUT2D eigenvalue weighted by Gasteiger charge is 2.27. The quantitative estimate of drug-likeness (QED) is 0.865. The van der Waals surface area contributed by atoms with Crippen LogP contribution >= 0.6 is 0 Å². The van der Waals surface area contributed by atoms with Crippen molar-refractivity contribution in [3.8, 4) is 5.75 Å². The van der Waals surface area contributed by atoms with E-state index >= 15 is 0 Å². The molecule has 0 aliphatic heterocycles. The van der Waals surface area contributed by atoms with Crippen molar-refractivity contribution in [3.63, 3.8) is 0 Å². The maximum Gasteiger partial charge on any atom is 0.162 e. The van der Waals surface area contributed by atoms with Crippen molar-refractivity contribution < 1.29 is 14.6 Å². The molecule has 0 aromatic heterocycles. The standard InChI is InChI=1S/C14H16O3/c1-9-12(14(16)8-13(9)15)7-10-3-5-11(17-2)6-4-10/h3-6,13,15H,7-8H2,1-2H3. The Morgan fingerprint density at radius 3 is 2.47 bits per heavy atom. The number of allylic oxidation sites excluding steroid dienone is 1. The summed E-state index contributed by atoms with van der Waals surface area (Å²) in [6.45, 7) is 1.83. The van der Waals surface area contributed by atoms with E-state index in [0.29, 0.717) is 6.42 Å². The molecule has 0 fully saturated rings. The monoisotopic (exact) mass is 232 g/mol. The molecule has 1 N–H and O–H groups in total. The zero-order valence-electron chi connectivity index (χ0n) is 10.1. The van der Waals surface area contributed by atoms with Crippen LogP contribution in [0, 0.1) is 0 Å². The number of hydrogen-bond acceptors (Lipinski definition) is 3. The molecule has 0 amide bonds. The first-order valence-corrected chi connectivity index (χ1v) is 5.65.